The second-order valence-electron chi connectivity index (χ2n) is 24.6. The molecule has 1 aromatic rings. The highest BCUT2D eigenvalue weighted by Crippen LogP contribution is 2.71. The molecule has 4 aliphatic heterocycles. The molecular weight excluding hydrogens is 1080 g/mol. The molecule has 1 aromatic carbocycles. The third kappa shape index (κ3) is 10.8. The van der Waals surface area contributed by atoms with E-state index < -0.39 is 181 Å². The summed E-state index contributed by atoms with van der Waals surface area (Å²) in [5, 5.41) is 90.2. The standard InChI is InChI=1S/C58H86O24/c1-27(60)35-19-22-57(68)55(35,8)50(78-51(66)32-15-13-12-14-16-32)47(75-31(5)61)48-53(6)20-18-34(23-33(53)17-21-56(48,57)67)80-54(7)25-37(71-10)44(30(4)79-54)76-39-24-36(70-9)43(28(2)73-39)77-52-42(64)46(72-11)45(29(3)74-52)82-58(69)49(65)41(63)40(62)38(26-59)81-58/h12-17,28-30,34-50,52,59,62-65,67-69H,18-26H2,1-11H3. The molecule has 8 N–H and O–H groups in total. The lowest BCUT2D eigenvalue weighted by Gasteiger charge is -2.68. The Kier molecular flexibility index (Phi) is 18.4. The summed E-state index contributed by atoms with van der Waals surface area (Å²) in [5.74, 6) is -7.55. The zero-order valence-electron chi connectivity index (χ0n) is 48.6. The summed E-state index contributed by atoms with van der Waals surface area (Å²) >= 11 is 0. The summed E-state index contributed by atoms with van der Waals surface area (Å²) in [4.78, 5) is 40.7. The lowest BCUT2D eigenvalue weighted by Crippen LogP contribution is -2.80. The van der Waals surface area contributed by atoms with E-state index in [0.29, 0.717) is 19.3 Å². The van der Waals surface area contributed by atoms with Crippen LogP contribution in [0.5, 0.6) is 0 Å². The molecule has 24 heteroatoms. The molecular formula is C58H86O24. The fourth-order valence-corrected chi connectivity index (χ4v) is 15.6. The topological polar surface area (TPSA) is 333 Å². The Bertz CT molecular complexity index is 2470. The van der Waals surface area contributed by atoms with E-state index in [2.05, 4.69) is 0 Å². The predicted octanol–water partition coefficient (Wildman–Crippen LogP) is 1.23. The molecule has 0 aromatic heterocycles. The normalized spacial score (nSPS) is 49.4. The maximum Gasteiger partial charge on any atom is 0.338 e. The van der Waals surface area contributed by atoms with E-state index in [4.69, 9.17) is 61.6 Å². The molecule has 0 radical (unpaired) electrons. The Hall–Kier alpha value is -3.19. The summed E-state index contributed by atoms with van der Waals surface area (Å²) in [6.45, 7) is 12.5. The van der Waals surface area contributed by atoms with Crippen LogP contribution in [0.2, 0.25) is 0 Å². The number of hydrogen-bond acceptors (Lipinski definition) is 24. The van der Waals surface area contributed by atoms with Gasteiger partial charge in [0.05, 0.1) is 48.8 Å². The molecule has 0 spiro atoms. The van der Waals surface area contributed by atoms with Crippen LogP contribution in [0.1, 0.15) is 117 Å². The van der Waals surface area contributed by atoms with Crippen molar-refractivity contribution in [1.82, 2.24) is 0 Å². The first-order valence-corrected chi connectivity index (χ1v) is 28.6. The SMILES string of the molecule is COC1CC(C)(OC2CCC3(C)C(=CCC4(O)C3C(OC(C)=O)C(OC(=O)c3ccccc3)C3(C)C(C(C)=O)CCC43O)C2)OC(C)C1OC1CC(OC)C(OC2OC(C)C(OC3(O)OC(CO)C(O)C(O)C3O)C(OC)C2O)C(C)O1. The van der Waals surface area contributed by atoms with Crippen LogP contribution >= 0.6 is 0 Å². The van der Waals surface area contributed by atoms with Gasteiger partial charge in [0.15, 0.2) is 24.5 Å². The summed E-state index contributed by atoms with van der Waals surface area (Å²) in [6.07, 6.45) is -18.0. The first-order chi connectivity index (χ1) is 38.6. The number of hydrogen-bond donors (Lipinski definition) is 8. The average molecular weight is 1170 g/mol. The number of carbonyl (C=O) groups excluding carboxylic acids is 3. The molecule has 7 fully saturated rings. The molecule has 3 saturated carbocycles. The number of benzene rings is 1. The van der Waals surface area contributed by atoms with Crippen LogP contribution in [0.3, 0.4) is 0 Å². The maximum atomic E-state index is 14.0. The van der Waals surface area contributed by atoms with E-state index in [1.54, 1.807) is 51.3 Å². The van der Waals surface area contributed by atoms with Gasteiger partial charge >= 0.3 is 17.9 Å². The summed E-state index contributed by atoms with van der Waals surface area (Å²) in [6, 6.07) is 8.33. The lowest BCUT2D eigenvalue weighted by atomic mass is 9.42. The van der Waals surface area contributed by atoms with Crippen molar-refractivity contribution in [3.05, 3.63) is 47.5 Å². The molecule has 82 heavy (non-hydrogen) atoms. The number of methoxy groups -OCH3 is 3. The average Bonchev–Trinajstić information content (AvgIpc) is 1.27. The molecule has 4 aliphatic carbocycles. The zero-order valence-corrected chi connectivity index (χ0v) is 48.6. The van der Waals surface area contributed by atoms with Gasteiger partial charge in [-0.1, -0.05) is 43.7 Å². The van der Waals surface area contributed by atoms with Crippen LogP contribution in [0.4, 0.5) is 0 Å². The molecule has 27 atom stereocenters. The number of esters is 2. The van der Waals surface area contributed by atoms with Gasteiger partial charge in [-0.15, -0.1) is 0 Å². The third-order valence-electron chi connectivity index (χ3n) is 19.7. The van der Waals surface area contributed by atoms with Gasteiger partial charge in [-0.2, -0.15) is 0 Å². The largest absolute Gasteiger partial charge is 0.458 e. The molecule has 0 amide bonds. The van der Waals surface area contributed by atoms with Gasteiger partial charge in [0.2, 0.25) is 0 Å². The van der Waals surface area contributed by atoms with Gasteiger partial charge in [-0.25, -0.2) is 4.79 Å². The quantitative estimate of drug-likeness (QED) is 0.0656. The number of ketones is 1. The number of aliphatic hydroxyl groups excluding tert-OH is 5. The summed E-state index contributed by atoms with van der Waals surface area (Å²) < 4.78 is 80.4. The molecule has 24 nitrogen and oxygen atoms in total. The Labute approximate surface area is 477 Å². The van der Waals surface area contributed by atoms with Crippen molar-refractivity contribution in [2.24, 2.45) is 22.7 Å². The number of rotatable bonds is 16. The van der Waals surface area contributed by atoms with Gasteiger partial charge in [0.25, 0.3) is 0 Å². The van der Waals surface area contributed by atoms with Crippen LogP contribution in [0.15, 0.2) is 42.0 Å². The molecule has 462 valence electrons. The number of ether oxygens (including phenoxy) is 13. The second-order valence-corrected chi connectivity index (χ2v) is 24.6. The number of aliphatic hydroxyl groups is 8. The van der Waals surface area contributed by atoms with Crippen LogP contribution in [0.25, 0.3) is 0 Å². The number of carbonyl (C=O) groups is 3. The van der Waals surface area contributed by atoms with E-state index >= 15 is 0 Å². The Morgan fingerprint density at radius 2 is 1.39 bits per heavy atom. The second kappa shape index (κ2) is 23.8. The Balaban J connectivity index is 0.857. The maximum absolute atomic E-state index is 14.0. The van der Waals surface area contributed by atoms with E-state index in [-0.39, 0.29) is 43.5 Å². The van der Waals surface area contributed by atoms with Crippen molar-refractivity contribution >= 4 is 17.7 Å². The molecule has 4 heterocycles. The van der Waals surface area contributed by atoms with E-state index in [9.17, 15) is 55.2 Å². The van der Waals surface area contributed by atoms with Crippen LogP contribution < -0.4 is 0 Å². The minimum atomic E-state index is -2.95. The van der Waals surface area contributed by atoms with Crippen molar-refractivity contribution in [3.8, 4) is 0 Å². The van der Waals surface area contributed by atoms with Crippen molar-refractivity contribution in [2.45, 2.75) is 246 Å². The van der Waals surface area contributed by atoms with E-state index in [0.717, 1.165) is 5.57 Å². The van der Waals surface area contributed by atoms with Crippen LogP contribution in [-0.4, -0.2) is 226 Å². The smallest absolute Gasteiger partial charge is 0.338 e. The predicted molar refractivity (Wildman–Crippen MR) is 280 cm³/mol. The van der Waals surface area contributed by atoms with Gasteiger partial charge in [0.1, 0.15) is 78.0 Å². The summed E-state index contributed by atoms with van der Waals surface area (Å²) in [5.41, 5.74) is -5.16. The molecule has 4 saturated heterocycles. The monoisotopic (exact) mass is 1170 g/mol. The number of Topliss-reactive ketones (excluding diaryl/α,β-unsaturated/α-hetero) is 1. The van der Waals surface area contributed by atoms with Crippen molar-refractivity contribution in [3.63, 3.8) is 0 Å². The van der Waals surface area contributed by atoms with Gasteiger partial charge in [-0.3, -0.25) is 9.59 Å². The highest BCUT2D eigenvalue weighted by Gasteiger charge is 2.81. The minimum absolute atomic E-state index is 0.0280. The van der Waals surface area contributed by atoms with Crippen molar-refractivity contribution < 1.29 is 117 Å². The molecule has 9 rings (SSSR count). The van der Waals surface area contributed by atoms with E-state index in [1.165, 1.54) is 35.0 Å². The fourth-order valence-electron chi connectivity index (χ4n) is 15.6. The highest BCUT2D eigenvalue weighted by molar-refractivity contribution is 5.89. The van der Waals surface area contributed by atoms with Crippen molar-refractivity contribution in [2.75, 3.05) is 27.9 Å². The Morgan fingerprint density at radius 1 is 0.720 bits per heavy atom. The first kappa shape index (κ1) is 63.3. The van der Waals surface area contributed by atoms with Gasteiger partial charge < -0.3 is 102 Å². The number of fused-ring (bicyclic) bond motifs is 5. The summed E-state index contributed by atoms with van der Waals surface area (Å²) in [7, 11) is 4.35. The fraction of sp³-hybridized carbons (Fsp3) is 0.810. The first-order valence-electron chi connectivity index (χ1n) is 28.6. The minimum Gasteiger partial charge on any atom is -0.458 e. The van der Waals surface area contributed by atoms with Gasteiger partial charge in [0, 0.05) is 58.3 Å². The molecule has 0 bridgehead atoms. The third-order valence-corrected chi connectivity index (χ3v) is 19.7. The Morgan fingerprint density at radius 3 is 2.02 bits per heavy atom. The molecule has 27 unspecified atom stereocenters. The zero-order chi connectivity index (χ0) is 59.8. The molecule has 8 aliphatic rings. The van der Waals surface area contributed by atoms with Crippen LogP contribution in [0, 0.1) is 22.7 Å². The van der Waals surface area contributed by atoms with Crippen molar-refractivity contribution in [1.29, 1.82) is 0 Å². The van der Waals surface area contributed by atoms with Crippen LogP contribution in [-0.2, 0) is 71.2 Å². The van der Waals surface area contributed by atoms with Gasteiger partial charge in [-0.05, 0) is 90.7 Å². The van der Waals surface area contributed by atoms with E-state index in [1.807, 2.05) is 26.8 Å². The highest BCUT2D eigenvalue weighted by atomic mass is 16.9. The lowest BCUT2D eigenvalue weighted by molar-refractivity contribution is -0.474.